The predicted molar refractivity (Wildman–Crippen MR) is 95.1 cm³/mol. The van der Waals surface area contributed by atoms with Crippen molar-refractivity contribution in [1.29, 1.82) is 0 Å². The largest absolute Gasteiger partial charge is 0.378 e. The number of hydrogen-bond donors (Lipinski definition) is 1. The molecule has 3 rings (SSSR count). The van der Waals surface area contributed by atoms with Gasteiger partial charge in [0.2, 0.25) is 5.91 Å². The monoisotopic (exact) mass is 329 g/mol. The average Bonchev–Trinajstić information content (AvgIpc) is 3.43. The van der Waals surface area contributed by atoms with Crippen molar-refractivity contribution in [2.45, 2.75) is 25.7 Å². The van der Waals surface area contributed by atoms with Gasteiger partial charge in [0, 0.05) is 45.0 Å². The summed E-state index contributed by atoms with van der Waals surface area (Å²) in [6.07, 6.45) is 4.23. The second-order valence-electron chi connectivity index (χ2n) is 7.22. The molecule has 0 bridgehead atoms. The third-order valence-electron chi connectivity index (χ3n) is 4.95. The van der Waals surface area contributed by atoms with Crippen LogP contribution in [-0.2, 0) is 4.79 Å². The van der Waals surface area contributed by atoms with E-state index in [9.17, 15) is 9.59 Å². The van der Waals surface area contributed by atoms with Crippen LogP contribution in [0.5, 0.6) is 0 Å². The Morgan fingerprint density at radius 1 is 1.25 bits per heavy atom. The summed E-state index contributed by atoms with van der Waals surface area (Å²) >= 11 is 0. The molecule has 5 heteroatoms. The number of carbonyl (C=O) groups is 2. The maximum absolute atomic E-state index is 12.8. The van der Waals surface area contributed by atoms with Crippen LogP contribution in [0, 0.1) is 11.8 Å². The Labute approximate surface area is 144 Å². The van der Waals surface area contributed by atoms with Crippen LogP contribution in [-0.4, -0.2) is 50.4 Å². The molecule has 1 heterocycles. The van der Waals surface area contributed by atoms with E-state index in [4.69, 9.17) is 0 Å². The normalized spacial score (nSPS) is 20.6. The molecule has 24 heavy (non-hydrogen) atoms. The van der Waals surface area contributed by atoms with Crippen LogP contribution in [0.2, 0.25) is 0 Å². The fourth-order valence-electron chi connectivity index (χ4n) is 3.19. The highest BCUT2D eigenvalue weighted by Gasteiger charge is 2.30. The van der Waals surface area contributed by atoms with E-state index in [0.29, 0.717) is 18.0 Å². The summed E-state index contributed by atoms with van der Waals surface area (Å²) in [6, 6.07) is 7.67. The molecule has 1 aromatic rings. The Morgan fingerprint density at radius 3 is 2.75 bits per heavy atom. The molecule has 1 saturated heterocycles. The van der Waals surface area contributed by atoms with Crippen LogP contribution in [0.3, 0.4) is 0 Å². The number of carbonyl (C=O) groups excluding carboxylic acids is 2. The van der Waals surface area contributed by atoms with Crippen molar-refractivity contribution in [3.63, 3.8) is 0 Å². The molecule has 1 aliphatic heterocycles. The Kier molecular flexibility index (Phi) is 5.07. The Balaban J connectivity index is 1.61. The molecule has 5 nitrogen and oxygen atoms in total. The van der Waals surface area contributed by atoms with Gasteiger partial charge in [0.15, 0.2) is 0 Å². The first-order chi connectivity index (χ1) is 11.5. The number of piperidine rings is 1. The molecule has 1 saturated carbocycles. The number of rotatable bonds is 5. The van der Waals surface area contributed by atoms with Crippen molar-refractivity contribution < 1.29 is 9.59 Å². The lowest BCUT2D eigenvalue weighted by atomic mass is 9.96. The standard InChI is InChI=1S/C19H27N3O2/c1-21(2)17-7-3-5-15(11-17)19(24)22-10-4-6-16(13-22)18(23)20-12-14-8-9-14/h3,5,7,11,14,16H,4,6,8-10,12-13H2,1-2H3,(H,20,23). The third-order valence-corrected chi connectivity index (χ3v) is 4.95. The number of likely N-dealkylation sites (tertiary alicyclic amines) is 1. The molecule has 1 unspecified atom stereocenters. The molecule has 0 spiro atoms. The van der Waals surface area contributed by atoms with Crippen LogP contribution in [0.4, 0.5) is 5.69 Å². The van der Waals surface area contributed by atoms with Gasteiger partial charge in [-0.1, -0.05) is 6.07 Å². The van der Waals surface area contributed by atoms with E-state index in [1.165, 1.54) is 12.8 Å². The zero-order valence-corrected chi connectivity index (χ0v) is 14.6. The van der Waals surface area contributed by atoms with Crippen LogP contribution in [0.1, 0.15) is 36.0 Å². The zero-order chi connectivity index (χ0) is 17.1. The molecule has 2 amide bonds. The number of anilines is 1. The van der Waals surface area contributed by atoms with Gasteiger partial charge in [-0.3, -0.25) is 9.59 Å². The first-order valence-electron chi connectivity index (χ1n) is 8.89. The molecule has 1 atom stereocenters. The van der Waals surface area contributed by atoms with E-state index >= 15 is 0 Å². The van der Waals surface area contributed by atoms with Gasteiger partial charge in [-0.15, -0.1) is 0 Å². The quantitative estimate of drug-likeness (QED) is 0.900. The fourth-order valence-corrected chi connectivity index (χ4v) is 3.19. The topological polar surface area (TPSA) is 52.7 Å². The summed E-state index contributed by atoms with van der Waals surface area (Å²) in [5.41, 5.74) is 1.71. The predicted octanol–water partition coefficient (Wildman–Crippen LogP) is 2.13. The fraction of sp³-hybridized carbons (Fsp3) is 0.579. The van der Waals surface area contributed by atoms with Crippen molar-refractivity contribution in [1.82, 2.24) is 10.2 Å². The Morgan fingerprint density at radius 2 is 2.04 bits per heavy atom. The number of nitrogens with one attached hydrogen (secondary N) is 1. The lowest BCUT2D eigenvalue weighted by molar-refractivity contribution is -0.126. The van der Waals surface area contributed by atoms with Crippen molar-refractivity contribution in [2.75, 3.05) is 38.6 Å². The molecule has 130 valence electrons. The van der Waals surface area contributed by atoms with E-state index in [-0.39, 0.29) is 17.7 Å². The van der Waals surface area contributed by atoms with Crippen LogP contribution < -0.4 is 10.2 Å². The van der Waals surface area contributed by atoms with E-state index in [1.54, 1.807) is 0 Å². The number of nitrogens with zero attached hydrogens (tertiary/aromatic N) is 2. The summed E-state index contributed by atoms with van der Waals surface area (Å²) in [7, 11) is 3.93. The van der Waals surface area contributed by atoms with Gasteiger partial charge < -0.3 is 15.1 Å². The Bertz CT molecular complexity index is 610. The van der Waals surface area contributed by atoms with E-state index in [0.717, 1.165) is 31.6 Å². The van der Waals surface area contributed by atoms with Crippen LogP contribution >= 0.6 is 0 Å². The molecule has 1 aromatic carbocycles. The van der Waals surface area contributed by atoms with Gasteiger partial charge in [-0.05, 0) is 49.8 Å². The third kappa shape index (κ3) is 4.08. The lowest BCUT2D eigenvalue weighted by Crippen LogP contribution is -2.45. The van der Waals surface area contributed by atoms with Crippen molar-refractivity contribution in [2.24, 2.45) is 11.8 Å². The Hall–Kier alpha value is -2.04. The summed E-state index contributed by atoms with van der Waals surface area (Å²) in [5.74, 6) is 0.752. The summed E-state index contributed by atoms with van der Waals surface area (Å²) in [5, 5.41) is 3.05. The highest BCUT2D eigenvalue weighted by Crippen LogP contribution is 2.28. The van der Waals surface area contributed by atoms with Crippen molar-refractivity contribution >= 4 is 17.5 Å². The maximum atomic E-state index is 12.8. The maximum Gasteiger partial charge on any atom is 0.253 e. The van der Waals surface area contributed by atoms with E-state index in [2.05, 4.69) is 5.32 Å². The van der Waals surface area contributed by atoms with Crippen LogP contribution in [0.15, 0.2) is 24.3 Å². The van der Waals surface area contributed by atoms with Gasteiger partial charge in [0.25, 0.3) is 5.91 Å². The molecule has 2 fully saturated rings. The zero-order valence-electron chi connectivity index (χ0n) is 14.6. The summed E-state index contributed by atoms with van der Waals surface area (Å²) in [6.45, 7) is 2.06. The number of benzene rings is 1. The molecular weight excluding hydrogens is 302 g/mol. The first kappa shape index (κ1) is 16.8. The highest BCUT2D eigenvalue weighted by atomic mass is 16.2. The van der Waals surface area contributed by atoms with Gasteiger partial charge in [0.1, 0.15) is 0 Å². The minimum absolute atomic E-state index is 0.0263. The van der Waals surface area contributed by atoms with Gasteiger partial charge in [-0.2, -0.15) is 0 Å². The first-order valence-corrected chi connectivity index (χ1v) is 8.89. The minimum atomic E-state index is -0.0709. The summed E-state index contributed by atoms with van der Waals surface area (Å²) in [4.78, 5) is 28.9. The number of hydrogen-bond acceptors (Lipinski definition) is 3. The average molecular weight is 329 g/mol. The second kappa shape index (κ2) is 7.24. The molecule has 0 radical (unpaired) electrons. The number of amides is 2. The van der Waals surface area contributed by atoms with Gasteiger partial charge >= 0.3 is 0 Å². The molecule has 0 aromatic heterocycles. The molecule has 2 aliphatic rings. The SMILES string of the molecule is CN(C)c1cccc(C(=O)N2CCCC(C(=O)NCC3CC3)C2)c1. The van der Waals surface area contributed by atoms with Crippen LogP contribution in [0.25, 0.3) is 0 Å². The highest BCUT2D eigenvalue weighted by molar-refractivity contribution is 5.95. The smallest absolute Gasteiger partial charge is 0.253 e. The van der Waals surface area contributed by atoms with E-state index in [1.807, 2.05) is 48.2 Å². The molecule has 1 aliphatic carbocycles. The van der Waals surface area contributed by atoms with Gasteiger partial charge in [-0.25, -0.2) is 0 Å². The minimum Gasteiger partial charge on any atom is -0.378 e. The van der Waals surface area contributed by atoms with Crippen molar-refractivity contribution in [3.05, 3.63) is 29.8 Å². The second-order valence-corrected chi connectivity index (χ2v) is 7.22. The van der Waals surface area contributed by atoms with Crippen molar-refractivity contribution in [3.8, 4) is 0 Å². The van der Waals surface area contributed by atoms with E-state index < -0.39 is 0 Å². The summed E-state index contributed by atoms with van der Waals surface area (Å²) < 4.78 is 0. The molecular formula is C19H27N3O2. The lowest BCUT2D eigenvalue weighted by Gasteiger charge is -2.32. The molecule has 1 N–H and O–H groups in total. The van der Waals surface area contributed by atoms with Gasteiger partial charge in [0.05, 0.1) is 5.92 Å².